The zero-order valence-corrected chi connectivity index (χ0v) is 10.2. The number of esters is 1. The quantitative estimate of drug-likeness (QED) is 0.524. The molecule has 1 N–H and O–H groups in total. The summed E-state index contributed by atoms with van der Waals surface area (Å²) in [6.07, 6.45) is 0. The van der Waals surface area contributed by atoms with Gasteiger partial charge >= 0.3 is 5.97 Å². The lowest BCUT2D eigenvalue weighted by molar-refractivity contribution is 0.0731. The molecule has 0 bridgehead atoms. The van der Waals surface area contributed by atoms with Gasteiger partial charge in [-0.1, -0.05) is 24.3 Å². The van der Waals surface area contributed by atoms with Crippen LogP contribution in [0, 0.1) is 0 Å². The van der Waals surface area contributed by atoms with Gasteiger partial charge in [-0.15, -0.1) is 11.6 Å². The van der Waals surface area contributed by atoms with Crippen LogP contribution in [0.1, 0.15) is 15.9 Å². The van der Waals surface area contributed by atoms with Crippen LogP contribution in [0.3, 0.4) is 0 Å². The molecule has 0 aliphatic rings. The number of carbonyl (C=O) groups excluding carboxylic acids is 1. The molecule has 0 fully saturated rings. The first-order chi connectivity index (χ1) is 8.70. The van der Waals surface area contributed by atoms with Crippen LogP contribution in [0.4, 0.5) is 0 Å². The van der Waals surface area contributed by atoms with Crippen molar-refractivity contribution in [2.75, 3.05) is 0 Å². The number of halogens is 1. The Kier molecular flexibility index (Phi) is 3.85. The SMILES string of the molecule is O=C(Oc1ccc(CCl)cc1)c1ccccc1O. The van der Waals surface area contributed by atoms with E-state index in [2.05, 4.69) is 0 Å². The molecule has 0 saturated carbocycles. The number of hydrogen-bond acceptors (Lipinski definition) is 3. The number of rotatable bonds is 3. The molecule has 2 aromatic carbocycles. The zero-order valence-electron chi connectivity index (χ0n) is 9.47. The summed E-state index contributed by atoms with van der Waals surface area (Å²) in [6.45, 7) is 0. The second kappa shape index (κ2) is 5.56. The maximum Gasteiger partial charge on any atom is 0.347 e. The Morgan fingerprint density at radius 3 is 2.39 bits per heavy atom. The van der Waals surface area contributed by atoms with Crippen molar-refractivity contribution < 1.29 is 14.6 Å². The van der Waals surface area contributed by atoms with Gasteiger partial charge in [-0.2, -0.15) is 0 Å². The van der Waals surface area contributed by atoms with Crippen LogP contribution in [0.5, 0.6) is 11.5 Å². The van der Waals surface area contributed by atoms with Crippen LogP contribution < -0.4 is 4.74 Å². The Morgan fingerprint density at radius 2 is 1.78 bits per heavy atom. The Morgan fingerprint density at radius 1 is 1.11 bits per heavy atom. The van der Waals surface area contributed by atoms with Crippen LogP contribution in [0.2, 0.25) is 0 Å². The Hall–Kier alpha value is -2.00. The minimum atomic E-state index is -0.591. The standard InChI is InChI=1S/C14H11ClO3/c15-9-10-5-7-11(8-6-10)18-14(17)12-3-1-2-4-13(12)16/h1-8,16H,9H2. The van der Waals surface area contributed by atoms with Crippen molar-refractivity contribution in [1.29, 1.82) is 0 Å². The van der Waals surface area contributed by atoms with Crippen LogP contribution in [-0.4, -0.2) is 11.1 Å². The molecule has 0 aliphatic heterocycles. The maximum absolute atomic E-state index is 11.8. The highest BCUT2D eigenvalue weighted by Crippen LogP contribution is 2.19. The molecule has 0 radical (unpaired) electrons. The predicted molar refractivity (Wildman–Crippen MR) is 69.1 cm³/mol. The zero-order chi connectivity index (χ0) is 13.0. The predicted octanol–water partition coefficient (Wildman–Crippen LogP) is 3.35. The highest BCUT2D eigenvalue weighted by atomic mass is 35.5. The molecule has 0 atom stereocenters. The Balaban J connectivity index is 2.14. The number of phenolic OH excluding ortho intramolecular Hbond substituents is 1. The molecule has 3 nitrogen and oxygen atoms in total. The van der Waals surface area contributed by atoms with E-state index >= 15 is 0 Å². The summed E-state index contributed by atoms with van der Waals surface area (Å²) in [5, 5.41) is 9.52. The van der Waals surface area contributed by atoms with Crippen LogP contribution in [0.25, 0.3) is 0 Å². The molecule has 18 heavy (non-hydrogen) atoms. The van der Waals surface area contributed by atoms with E-state index in [1.165, 1.54) is 12.1 Å². The van der Waals surface area contributed by atoms with E-state index in [1.807, 2.05) is 0 Å². The summed E-state index contributed by atoms with van der Waals surface area (Å²) >= 11 is 5.66. The van der Waals surface area contributed by atoms with Gasteiger partial charge in [-0.05, 0) is 29.8 Å². The molecule has 0 spiro atoms. The van der Waals surface area contributed by atoms with Crippen LogP contribution in [0.15, 0.2) is 48.5 Å². The molecule has 0 saturated heterocycles. The van der Waals surface area contributed by atoms with E-state index in [-0.39, 0.29) is 11.3 Å². The van der Waals surface area contributed by atoms with Gasteiger partial charge in [0.15, 0.2) is 0 Å². The van der Waals surface area contributed by atoms with E-state index in [0.29, 0.717) is 11.6 Å². The summed E-state index contributed by atoms with van der Waals surface area (Å²) in [5.41, 5.74) is 1.08. The van der Waals surface area contributed by atoms with Crippen molar-refractivity contribution in [3.63, 3.8) is 0 Å². The highest BCUT2D eigenvalue weighted by Gasteiger charge is 2.12. The van der Waals surface area contributed by atoms with Crippen LogP contribution in [-0.2, 0) is 5.88 Å². The topological polar surface area (TPSA) is 46.5 Å². The first kappa shape index (κ1) is 12.5. The number of hydrogen-bond donors (Lipinski definition) is 1. The van der Waals surface area contributed by atoms with Crippen molar-refractivity contribution in [2.24, 2.45) is 0 Å². The number of ether oxygens (including phenoxy) is 1. The van der Waals surface area contributed by atoms with Crippen molar-refractivity contribution in [3.05, 3.63) is 59.7 Å². The molecule has 2 rings (SSSR count). The fourth-order valence-electron chi connectivity index (χ4n) is 1.45. The van der Waals surface area contributed by atoms with Crippen molar-refractivity contribution in [1.82, 2.24) is 0 Å². The van der Waals surface area contributed by atoms with Crippen molar-refractivity contribution >= 4 is 17.6 Å². The summed E-state index contributed by atoms with van der Waals surface area (Å²) in [7, 11) is 0. The van der Waals surface area contributed by atoms with E-state index in [1.54, 1.807) is 36.4 Å². The fraction of sp³-hybridized carbons (Fsp3) is 0.0714. The second-order valence-corrected chi connectivity index (χ2v) is 3.95. The Bertz CT molecular complexity index is 549. The van der Waals surface area contributed by atoms with Crippen molar-refractivity contribution in [2.45, 2.75) is 5.88 Å². The van der Waals surface area contributed by atoms with E-state index in [4.69, 9.17) is 16.3 Å². The largest absolute Gasteiger partial charge is 0.507 e. The summed E-state index contributed by atoms with van der Waals surface area (Å²) in [6, 6.07) is 13.1. The number of carbonyl (C=O) groups is 1. The minimum absolute atomic E-state index is 0.0973. The number of phenols is 1. The average Bonchev–Trinajstić information content (AvgIpc) is 2.40. The first-order valence-corrected chi connectivity index (χ1v) is 5.89. The molecule has 92 valence electrons. The molecular weight excluding hydrogens is 252 g/mol. The molecule has 0 amide bonds. The summed E-state index contributed by atoms with van der Waals surface area (Å²) in [5.74, 6) is 0.136. The average molecular weight is 263 g/mol. The number of aromatic hydroxyl groups is 1. The van der Waals surface area contributed by atoms with E-state index in [9.17, 15) is 9.90 Å². The van der Waals surface area contributed by atoms with Gasteiger partial charge in [0.1, 0.15) is 17.1 Å². The smallest absolute Gasteiger partial charge is 0.347 e. The molecule has 0 aromatic heterocycles. The molecule has 4 heteroatoms. The molecule has 2 aromatic rings. The lowest BCUT2D eigenvalue weighted by atomic mass is 10.2. The van der Waals surface area contributed by atoms with Gasteiger partial charge in [-0.3, -0.25) is 0 Å². The number of para-hydroxylation sites is 1. The first-order valence-electron chi connectivity index (χ1n) is 5.36. The van der Waals surface area contributed by atoms with Gasteiger partial charge in [0, 0.05) is 5.88 Å². The normalized spacial score (nSPS) is 10.1. The third kappa shape index (κ3) is 2.81. The summed E-state index contributed by atoms with van der Waals surface area (Å²) < 4.78 is 5.14. The van der Waals surface area contributed by atoms with Crippen molar-refractivity contribution in [3.8, 4) is 11.5 Å². The minimum Gasteiger partial charge on any atom is -0.507 e. The molecule has 0 aliphatic carbocycles. The van der Waals surface area contributed by atoms with E-state index < -0.39 is 5.97 Å². The van der Waals surface area contributed by atoms with Crippen LogP contribution >= 0.6 is 11.6 Å². The van der Waals surface area contributed by atoms with Gasteiger partial charge in [0.05, 0.1) is 0 Å². The molecular formula is C14H11ClO3. The lowest BCUT2D eigenvalue weighted by Crippen LogP contribution is -2.08. The van der Waals surface area contributed by atoms with Gasteiger partial charge in [0.2, 0.25) is 0 Å². The maximum atomic E-state index is 11.8. The third-order valence-electron chi connectivity index (χ3n) is 2.41. The van der Waals surface area contributed by atoms with E-state index in [0.717, 1.165) is 5.56 Å². The highest BCUT2D eigenvalue weighted by molar-refractivity contribution is 6.17. The van der Waals surface area contributed by atoms with Gasteiger partial charge in [-0.25, -0.2) is 4.79 Å². The number of benzene rings is 2. The summed E-state index contributed by atoms with van der Waals surface area (Å²) in [4.78, 5) is 11.8. The van der Waals surface area contributed by atoms with Gasteiger partial charge < -0.3 is 9.84 Å². The molecule has 0 heterocycles. The molecule has 0 unspecified atom stereocenters. The fourth-order valence-corrected chi connectivity index (χ4v) is 1.63. The Labute approximate surface area is 110 Å². The monoisotopic (exact) mass is 262 g/mol. The third-order valence-corrected chi connectivity index (χ3v) is 2.72. The second-order valence-electron chi connectivity index (χ2n) is 3.68. The lowest BCUT2D eigenvalue weighted by Gasteiger charge is -2.06. The van der Waals surface area contributed by atoms with Gasteiger partial charge in [0.25, 0.3) is 0 Å². The number of alkyl halides is 1.